The number of nitrogens with zero attached hydrogens (tertiary/aromatic N) is 2. The van der Waals surface area contributed by atoms with Crippen molar-refractivity contribution >= 4 is 15.9 Å². The molecule has 0 amide bonds. The second-order valence-corrected chi connectivity index (χ2v) is 4.81. The number of benzene rings is 1. The van der Waals surface area contributed by atoms with Crippen molar-refractivity contribution in [1.82, 2.24) is 9.55 Å². The standard InChI is InChI=1S/C13H16BrN3O/c14-13-3-2-12(8-11(13)9-15)18-7-1-5-17-6-4-16-10-17/h2-4,6,8,10H,1,5,7,9,15H2. The molecule has 5 heteroatoms. The van der Waals surface area contributed by atoms with E-state index in [9.17, 15) is 0 Å². The van der Waals surface area contributed by atoms with E-state index in [-0.39, 0.29) is 0 Å². The highest BCUT2D eigenvalue weighted by Gasteiger charge is 2.01. The first-order valence-corrected chi connectivity index (χ1v) is 6.66. The van der Waals surface area contributed by atoms with Gasteiger partial charge in [0.1, 0.15) is 5.75 Å². The van der Waals surface area contributed by atoms with Crippen molar-refractivity contribution in [2.45, 2.75) is 19.5 Å². The van der Waals surface area contributed by atoms with E-state index in [1.165, 1.54) is 0 Å². The Hall–Kier alpha value is -1.33. The van der Waals surface area contributed by atoms with E-state index in [0.717, 1.165) is 28.8 Å². The first-order valence-electron chi connectivity index (χ1n) is 5.86. The summed E-state index contributed by atoms with van der Waals surface area (Å²) in [5.41, 5.74) is 6.70. The van der Waals surface area contributed by atoms with Gasteiger partial charge in [-0.05, 0) is 30.2 Å². The summed E-state index contributed by atoms with van der Waals surface area (Å²) in [6, 6.07) is 5.88. The van der Waals surface area contributed by atoms with Crippen LogP contribution in [0.4, 0.5) is 0 Å². The lowest BCUT2D eigenvalue weighted by molar-refractivity contribution is 0.301. The van der Waals surface area contributed by atoms with Crippen molar-refractivity contribution in [2.24, 2.45) is 5.73 Å². The number of ether oxygens (including phenoxy) is 1. The molecule has 0 atom stereocenters. The Morgan fingerprint density at radius 1 is 1.39 bits per heavy atom. The Balaban J connectivity index is 1.79. The average Bonchev–Trinajstić information content (AvgIpc) is 2.89. The summed E-state index contributed by atoms with van der Waals surface area (Å²) in [5.74, 6) is 0.865. The fourth-order valence-corrected chi connectivity index (χ4v) is 2.06. The second-order valence-electron chi connectivity index (χ2n) is 3.96. The van der Waals surface area contributed by atoms with Gasteiger partial charge in [0.25, 0.3) is 0 Å². The zero-order chi connectivity index (χ0) is 12.8. The average molecular weight is 310 g/mol. The topological polar surface area (TPSA) is 53.1 Å². The van der Waals surface area contributed by atoms with Crippen LogP contribution < -0.4 is 10.5 Å². The number of aromatic nitrogens is 2. The van der Waals surface area contributed by atoms with Gasteiger partial charge in [-0.15, -0.1) is 0 Å². The largest absolute Gasteiger partial charge is 0.494 e. The molecule has 1 heterocycles. The van der Waals surface area contributed by atoms with Crippen molar-refractivity contribution in [3.63, 3.8) is 0 Å². The van der Waals surface area contributed by atoms with Gasteiger partial charge in [-0.25, -0.2) is 4.98 Å². The minimum absolute atomic E-state index is 0.507. The van der Waals surface area contributed by atoms with Gasteiger partial charge in [0.05, 0.1) is 12.9 Å². The summed E-state index contributed by atoms with van der Waals surface area (Å²) in [7, 11) is 0. The Morgan fingerprint density at radius 2 is 2.28 bits per heavy atom. The first-order chi connectivity index (χ1) is 8.79. The van der Waals surface area contributed by atoms with E-state index in [0.29, 0.717) is 13.2 Å². The molecule has 0 aliphatic carbocycles. The molecule has 1 aromatic carbocycles. The van der Waals surface area contributed by atoms with E-state index >= 15 is 0 Å². The Labute approximate surface area is 115 Å². The van der Waals surface area contributed by atoms with Crippen LogP contribution in [0, 0.1) is 0 Å². The number of hydrogen-bond donors (Lipinski definition) is 1. The molecule has 0 saturated heterocycles. The van der Waals surface area contributed by atoms with Crippen molar-refractivity contribution in [1.29, 1.82) is 0 Å². The van der Waals surface area contributed by atoms with Gasteiger partial charge in [0.2, 0.25) is 0 Å². The SMILES string of the molecule is NCc1cc(OCCCn2ccnc2)ccc1Br. The Kier molecular flexibility index (Phi) is 4.78. The smallest absolute Gasteiger partial charge is 0.119 e. The van der Waals surface area contributed by atoms with Crippen LogP contribution in [0.25, 0.3) is 0 Å². The number of halogens is 1. The minimum atomic E-state index is 0.507. The van der Waals surface area contributed by atoms with Crippen LogP contribution in [0.1, 0.15) is 12.0 Å². The molecule has 4 nitrogen and oxygen atoms in total. The fraction of sp³-hybridized carbons (Fsp3) is 0.308. The van der Waals surface area contributed by atoms with Gasteiger partial charge in [0.15, 0.2) is 0 Å². The molecule has 0 aliphatic rings. The predicted molar refractivity (Wildman–Crippen MR) is 74.4 cm³/mol. The van der Waals surface area contributed by atoms with E-state index in [1.54, 1.807) is 6.20 Å². The van der Waals surface area contributed by atoms with Crippen LogP contribution >= 0.6 is 15.9 Å². The highest BCUT2D eigenvalue weighted by molar-refractivity contribution is 9.10. The maximum Gasteiger partial charge on any atom is 0.119 e. The Morgan fingerprint density at radius 3 is 3.00 bits per heavy atom. The van der Waals surface area contributed by atoms with Gasteiger partial charge >= 0.3 is 0 Å². The van der Waals surface area contributed by atoms with Crippen LogP contribution in [0.15, 0.2) is 41.4 Å². The van der Waals surface area contributed by atoms with E-state index in [2.05, 4.69) is 20.9 Å². The van der Waals surface area contributed by atoms with Crippen LogP contribution in [-0.4, -0.2) is 16.2 Å². The molecular weight excluding hydrogens is 294 g/mol. The zero-order valence-electron chi connectivity index (χ0n) is 10.1. The summed E-state index contributed by atoms with van der Waals surface area (Å²) in [6.07, 6.45) is 6.49. The summed E-state index contributed by atoms with van der Waals surface area (Å²) in [4.78, 5) is 3.99. The monoisotopic (exact) mass is 309 g/mol. The maximum atomic E-state index is 5.69. The number of rotatable bonds is 6. The minimum Gasteiger partial charge on any atom is -0.494 e. The molecule has 18 heavy (non-hydrogen) atoms. The lowest BCUT2D eigenvalue weighted by Gasteiger charge is -2.09. The fourth-order valence-electron chi connectivity index (χ4n) is 1.65. The number of hydrogen-bond acceptors (Lipinski definition) is 3. The molecule has 0 bridgehead atoms. The zero-order valence-corrected chi connectivity index (χ0v) is 11.6. The molecule has 2 N–H and O–H groups in total. The lowest BCUT2D eigenvalue weighted by Crippen LogP contribution is -2.04. The normalized spacial score (nSPS) is 10.6. The highest BCUT2D eigenvalue weighted by atomic mass is 79.9. The van der Waals surface area contributed by atoms with Crippen LogP contribution in [-0.2, 0) is 13.1 Å². The second kappa shape index (κ2) is 6.56. The highest BCUT2D eigenvalue weighted by Crippen LogP contribution is 2.22. The number of aryl methyl sites for hydroxylation is 1. The van der Waals surface area contributed by atoms with Crippen molar-refractivity contribution in [2.75, 3.05) is 6.61 Å². The molecule has 0 fully saturated rings. The summed E-state index contributed by atoms with van der Waals surface area (Å²) < 4.78 is 8.75. The molecule has 1 aromatic heterocycles. The third-order valence-electron chi connectivity index (χ3n) is 2.63. The third-order valence-corrected chi connectivity index (χ3v) is 3.40. The van der Waals surface area contributed by atoms with Gasteiger partial charge in [-0.3, -0.25) is 0 Å². The van der Waals surface area contributed by atoms with Crippen molar-refractivity contribution in [3.05, 3.63) is 47.0 Å². The van der Waals surface area contributed by atoms with Crippen molar-refractivity contribution < 1.29 is 4.74 Å². The Bertz CT molecular complexity index is 485. The molecule has 0 spiro atoms. The first kappa shape index (κ1) is 13.1. The van der Waals surface area contributed by atoms with Gasteiger partial charge in [-0.1, -0.05) is 15.9 Å². The molecular formula is C13H16BrN3O. The summed E-state index contributed by atoms with van der Waals surface area (Å²) >= 11 is 3.45. The van der Waals surface area contributed by atoms with E-state index < -0.39 is 0 Å². The van der Waals surface area contributed by atoms with Gasteiger partial charge < -0.3 is 15.0 Å². The summed E-state index contributed by atoms with van der Waals surface area (Å²) in [5, 5.41) is 0. The van der Waals surface area contributed by atoms with E-state index in [1.807, 2.05) is 35.3 Å². The molecule has 0 aliphatic heterocycles. The molecule has 96 valence electrons. The van der Waals surface area contributed by atoms with Gasteiger partial charge in [0, 0.05) is 30.0 Å². The molecule has 0 radical (unpaired) electrons. The van der Waals surface area contributed by atoms with Crippen LogP contribution in [0.2, 0.25) is 0 Å². The van der Waals surface area contributed by atoms with Crippen LogP contribution in [0.3, 0.4) is 0 Å². The van der Waals surface area contributed by atoms with Crippen molar-refractivity contribution in [3.8, 4) is 5.75 Å². The number of nitrogens with two attached hydrogens (primary N) is 1. The third kappa shape index (κ3) is 3.58. The van der Waals surface area contributed by atoms with Crippen LogP contribution in [0.5, 0.6) is 5.75 Å². The molecule has 0 unspecified atom stereocenters. The lowest BCUT2D eigenvalue weighted by atomic mass is 10.2. The maximum absolute atomic E-state index is 5.69. The predicted octanol–water partition coefficient (Wildman–Crippen LogP) is 2.57. The van der Waals surface area contributed by atoms with Gasteiger partial charge in [-0.2, -0.15) is 0 Å². The molecule has 0 saturated carbocycles. The summed E-state index contributed by atoms with van der Waals surface area (Å²) in [6.45, 7) is 2.11. The molecule has 2 aromatic rings. The molecule has 2 rings (SSSR count). The van der Waals surface area contributed by atoms with E-state index in [4.69, 9.17) is 10.5 Å². The number of imidazole rings is 1. The quantitative estimate of drug-likeness (QED) is 0.834.